The van der Waals surface area contributed by atoms with Crippen LogP contribution >= 0.6 is 0 Å². The van der Waals surface area contributed by atoms with Crippen molar-refractivity contribution in [2.75, 3.05) is 0 Å². The van der Waals surface area contributed by atoms with Gasteiger partial charge in [0.15, 0.2) is 0 Å². The van der Waals surface area contributed by atoms with Crippen LogP contribution in [0.15, 0.2) is 25.3 Å². The molecule has 4 saturated carbocycles. The van der Waals surface area contributed by atoms with Gasteiger partial charge in [-0.2, -0.15) is 0 Å². The minimum atomic E-state index is -1.25. The van der Waals surface area contributed by atoms with Crippen molar-refractivity contribution < 1.29 is 19.8 Å². The fourth-order valence-corrected chi connectivity index (χ4v) is 6.53. The highest BCUT2D eigenvalue weighted by Crippen LogP contribution is 2.76. The molecule has 4 nitrogen and oxygen atoms in total. The molecule has 120 valence electrons. The van der Waals surface area contributed by atoms with Crippen molar-refractivity contribution in [1.82, 2.24) is 0 Å². The van der Waals surface area contributed by atoms with Gasteiger partial charge >= 0.3 is 11.9 Å². The average Bonchev–Trinajstić information content (AvgIpc) is 2.41. The molecular weight excluding hydrogens is 280 g/mol. The molecule has 0 aromatic carbocycles. The minimum absolute atomic E-state index is 0.224. The first kappa shape index (κ1) is 15.3. The van der Waals surface area contributed by atoms with E-state index in [1.807, 2.05) is 0 Å². The van der Waals surface area contributed by atoms with Gasteiger partial charge in [0, 0.05) is 0 Å². The number of carbonyl (C=O) groups is 2. The van der Waals surface area contributed by atoms with Gasteiger partial charge in [-0.3, -0.25) is 9.59 Å². The van der Waals surface area contributed by atoms with E-state index in [1.165, 1.54) is 0 Å². The lowest BCUT2D eigenvalue weighted by Crippen LogP contribution is -2.70. The summed E-state index contributed by atoms with van der Waals surface area (Å²) in [7, 11) is 0. The van der Waals surface area contributed by atoms with E-state index >= 15 is 0 Å². The normalized spacial score (nSPS) is 45.5. The third-order valence-electron chi connectivity index (χ3n) is 6.78. The van der Waals surface area contributed by atoms with Gasteiger partial charge in [-0.1, -0.05) is 12.2 Å². The van der Waals surface area contributed by atoms with Crippen LogP contribution in [0.5, 0.6) is 0 Å². The molecule has 22 heavy (non-hydrogen) atoms. The van der Waals surface area contributed by atoms with E-state index in [-0.39, 0.29) is 6.42 Å². The summed E-state index contributed by atoms with van der Waals surface area (Å²) in [5.41, 5.74) is -2.90. The predicted molar refractivity (Wildman–Crippen MR) is 82.3 cm³/mol. The molecule has 0 aliphatic heterocycles. The van der Waals surface area contributed by atoms with Crippen LogP contribution in [0, 0.1) is 28.1 Å². The first-order valence-corrected chi connectivity index (χ1v) is 8.06. The molecule has 4 aliphatic rings. The van der Waals surface area contributed by atoms with Gasteiger partial charge in [0.05, 0.1) is 10.8 Å². The summed E-state index contributed by atoms with van der Waals surface area (Å²) in [6, 6.07) is 0. The Morgan fingerprint density at radius 2 is 1.50 bits per heavy atom. The Bertz CT molecular complexity index is 535. The maximum absolute atomic E-state index is 12.4. The first-order chi connectivity index (χ1) is 10.4. The van der Waals surface area contributed by atoms with Gasteiger partial charge in [-0.25, -0.2) is 0 Å². The minimum Gasteiger partial charge on any atom is -0.481 e. The van der Waals surface area contributed by atoms with Crippen LogP contribution in [-0.4, -0.2) is 22.2 Å². The number of carboxylic acids is 2. The lowest BCUT2D eigenvalue weighted by atomic mass is 9.32. The first-order valence-electron chi connectivity index (χ1n) is 8.06. The SMILES string of the molecule is C=CCC12CC3CC(C1)CC(C(=O)O)(C3)C2(CC=C)C(=O)O. The topological polar surface area (TPSA) is 74.6 Å². The van der Waals surface area contributed by atoms with Gasteiger partial charge in [0.1, 0.15) is 0 Å². The summed E-state index contributed by atoms with van der Waals surface area (Å²) in [5, 5.41) is 20.2. The van der Waals surface area contributed by atoms with Gasteiger partial charge in [-0.15, -0.1) is 13.2 Å². The molecule has 4 rings (SSSR count). The summed E-state index contributed by atoms with van der Waals surface area (Å²) in [5.74, 6) is -1.23. The molecule has 0 heterocycles. The highest BCUT2D eigenvalue weighted by molar-refractivity contribution is 5.89. The van der Waals surface area contributed by atoms with Crippen LogP contribution in [0.4, 0.5) is 0 Å². The Morgan fingerprint density at radius 3 is 1.91 bits per heavy atom. The number of rotatable bonds is 6. The highest BCUT2D eigenvalue weighted by atomic mass is 16.4. The largest absolute Gasteiger partial charge is 0.481 e. The fraction of sp³-hybridized carbons (Fsp3) is 0.667. The third-order valence-corrected chi connectivity index (χ3v) is 6.78. The number of aliphatic carboxylic acids is 2. The summed E-state index contributed by atoms with van der Waals surface area (Å²) in [4.78, 5) is 24.7. The van der Waals surface area contributed by atoms with Crippen LogP contribution in [0.2, 0.25) is 0 Å². The third kappa shape index (κ3) is 1.53. The van der Waals surface area contributed by atoms with Crippen LogP contribution in [-0.2, 0) is 9.59 Å². The van der Waals surface area contributed by atoms with E-state index < -0.39 is 28.2 Å². The van der Waals surface area contributed by atoms with Crippen molar-refractivity contribution in [3.8, 4) is 0 Å². The summed E-state index contributed by atoms with van der Waals surface area (Å²) < 4.78 is 0. The van der Waals surface area contributed by atoms with Gasteiger partial charge in [0.25, 0.3) is 0 Å². The van der Waals surface area contributed by atoms with Crippen molar-refractivity contribution in [1.29, 1.82) is 0 Å². The number of hydrogen-bond donors (Lipinski definition) is 2. The molecule has 3 atom stereocenters. The molecule has 0 radical (unpaired) electrons. The molecule has 4 fully saturated rings. The Morgan fingerprint density at radius 1 is 0.955 bits per heavy atom. The second-order valence-electron chi connectivity index (χ2n) is 7.65. The molecular formula is C18H24O4. The monoisotopic (exact) mass is 304 g/mol. The Hall–Kier alpha value is -1.58. The molecule has 0 amide bonds. The Kier molecular flexibility index (Phi) is 3.28. The quantitative estimate of drug-likeness (QED) is 0.737. The van der Waals surface area contributed by atoms with Crippen molar-refractivity contribution >= 4 is 11.9 Å². The summed E-state index contributed by atoms with van der Waals surface area (Å²) in [6.07, 6.45) is 7.86. The van der Waals surface area contributed by atoms with E-state index in [4.69, 9.17) is 0 Å². The van der Waals surface area contributed by atoms with E-state index in [1.54, 1.807) is 12.2 Å². The van der Waals surface area contributed by atoms with Crippen LogP contribution < -0.4 is 0 Å². The standard InChI is InChI=1S/C18H24O4/c1-3-5-16-8-12-7-13(9-16)11-17(10-12,14(19)20)18(16,6-4-2)15(21)22/h3-4,12-13H,1-2,5-11H2,(H,19,20)(H,21,22). The average molecular weight is 304 g/mol. The molecule has 0 spiro atoms. The number of carboxylic acid groups (broad SMARTS) is 2. The molecule has 4 aliphatic carbocycles. The van der Waals surface area contributed by atoms with Crippen LogP contribution in [0.3, 0.4) is 0 Å². The van der Waals surface area contributed by atoms with Crippen LogP contribution in [0.25, 0.3) is 0 Å². The summed E-state index contributed by atoms with van der Waals surface area (Å²) in [6.45, 7) is 7.56. The molecule has 2 N–H and O–H groups in total. The molecule has 0 aromatic rings. The lowest BCUT2D eigenvalue weighted by Gasteiger charge is -2.69. The van der Waals surface area contributed by atoms with E-state index in [9.17, 15) is 19.8 Å². The zero-order valence-corrected chi connectivity index (χ0v) is 12.9. The fourth-order valence-electron chi connectivity index (χ4n) is 6.53. The summed E-state index contributed by atoms with van der Waals surface area (Å²) >= 11 is 0. The van der Waals surface area contributed by atoms with Crippen molar-refractivity contribution in [3.63, 3.8) is 0 Å². The predicted octanol–water partition coefficient (Wildman–Crippen LogP) is 3.49. The molecule has 0 aromatic heterocycles. The Balaban J connectivity index is 2.27. The Labute approximate surface area is 130 Å². The maximum Gasteiger partial charge on any atom is 0.311 e. The van der Waals surface area contributed by atoms with E-state index in [0.29, 0.717) is 31.1 Å². The lowest BCUT2D eigenvalue weighted by molar-refractivity contribution is -0.243. The van der Waals surface area contributed by atoms with Crippen LogP contribution in [0.1, 0.15) is 44.9 Å². The smallest absolute Gasteiger partial charge is 0.311 e. The van der Waals surface area contributed by atoms with Crippen molar-refractivity contribution in [2.45, 2.75) is 44.9 Å². The molecule has 3 unspecified atom stereocenters. The maximum atomic E-state index is 12.4. The molecule has 0 saturated heterocycles. The second kappa shape index (κ2) is 4.71. The van der Waals surface area contributed by atoms with Gasteiger partial charge in [-0.05, 0) is 62.2 Å². The second-order valence-corrected chi connectivity index (χ2v) is 7.65. The van der Waals surface area contributed by atoms with Crippen molar-refractivity contribution in [3.05, 3.63) is 25.3 Å². The van der Waals surface area contributed by atoms with Crippen molar-refractivity contribution in [2.24, 2.45) is 28.1 Å². The highest BCUT2D eigenvalue weighted by Gasteiger charge is 2.76. The van der Waals surface area contributed by atoms with Gasteiger partial charge in [0.2, 0.25) is 0 Å². The number of allylic oxidation sites excluding steroid dienone is 2. The molecule has 4 heteroatoms. The zero-order valence-electron chi connectivity index (χ0n) is 12.9. The van der Waals surface area contributed by atoms with E-state index in [0.717, 1.165) is 19.3 Å². The van der Waals surface area contributed by atoms with E-state index in [2.05, 4.69) is 13.2 Å². The molecule has 4 bridgehead atoms. The number of hydrogen-bond acceptors (Lipinski definition) is 2. The van der Waals surface area contributed by atoms with Gasteiger partial charge < -0.3 is 10.2 Å². The zero-order chi connectivity index (χ0) is 16.2.